The van der Waals surface area contributed by atoms with Gasteiger partial charge in [-0.2, -0.15) is 0 Å². The molecule has 0 rings (SSSR count). The molecule has 0 aliphatic heterocycles. The lowest BCUT2D eigenvalue weighted by atomic mass is 10.1. The maximum Gasteiger partial charge on any atom is 0.472 e. The number of rotatable bonds is 36. The average Bonchev–Trinajstić information content (AvgIpc) is 3.12. The van der Waals surface area contributed by atoms with Crippen LogP contribution in [0.15, 0.2) is 48.6 Å². The molecule has 0 saturated heterocycles. The summed E-state index contributed by atoms with van der Waals surface area (Å²) in [6.45, 7) is 2.02. The summed E-state index contributed by atoms with van der Waals surface area (Å²) in [6.07, 6.45) is 36.6. The van der Waals surface area contributed by atoms with Gasteiger partial charge < -0.3 is 24.6 Å². The number of hydrogen-bond acceptors (Lipinski definition) is 9. The second kappa shape index (κ2) is 36.3. The molecule has 0 bridgehead atoms. The van der Waals surface area contributed by atoms with Gasteiger partial charge in [-0.05, 0) is 70.6 Å². The number of phosphoric ester groups is 1. The molecule has 0 amide bonds. The Kier molecular flexibility index (Phi) is 34.8. The number of phosphoric acid groups is 1. The lowest BCUT2D eigenvalue weighted by Gasteiger charge is -2.20. The molecule has 0 spiro atoms. The van der Waals surface area contributed by atoms with E-state index in [2.05, 4.69) is 62.5 Å². The molecule has 0 saturated carbocycles. The number of carbonyl (C=O) groups excluding carboxylic acids is 2. The van der Waals surface area contributed by atoms with Gasteiger partial charge in [0.2, 0.25) is 0 Å². The minimum absolute atomic E-state index is 0.155. The molecule has 296 valence electrons. The van der Waals surface area contributed by atoms with E-state index in [9.17, 15) is 29.3 Å². The van der Waals surface area contributed by atoms with Crippen molar-refractivity contribution in [2.24, 2.45) is 0 Å². The smallest absolute Gasteiger partial charge is 0.457 e. The Bertz CT molecular complexity index is 994. The van der Waals surface area contributed by atoms with Crippen LogP contribution in [0, 0.1) is 0 Å². The van der Waals surface area contributed by atoms with Gasteiger partial charge in [-0.1, -0.05) is 120 Å². The van der Waals surface area contributed by atoms with Gasteiger partial charge in [-0.3, -0.25) is 18.6 Å². The summed E-state index contributed by atoms with van der Waals surface area (Å²) < 4.78 is 32.4. The highest BCUT2D eigenvalue weighted by Crippen LogP contribution is 2.43. The molecular formula is C40H71O10P. The maximum atomic E-state index is 12.3. The normalized spacial score (nSPS) is 14.5. The summed E-state index contributed by atoms with van der Waals surface area (Å²) >= 11 is 0. The molecule has 0 aromatic rings. The zero-order valence-electron chi connectivity index (χ0n) is 31.8. The summed E-state index contributed by atoms with van der Waals surface area (Å²) in [4.78, 5) is 34.4. The zero-order chi connectivity index (χ0) is 37.7. The van der Waals surface area contributed by atoms with Crippen LogP contribution < -0.4 is 0 Å². The van der Waals surface area contributed by atoms with Gasteiger partial charge in [-0.25, -0.2) is 4.57 Å². The predicted octanol–water partition coefficient (Wildman–Crippen LogP) is 9.78. The minimum Gasteiger partial charge on any atom is -0.457 e. The van der Waals surface area contributed by atoms with E-state index in [0.29, 0.717) is 12.8 Å². The third kappa shape index (κ3) is 34.8. The average molecular weight is 743 g/mol. The molecule has 0 aromatic carbocycles. The summed E-state index contributed by atoms with van der Waals surface area (Å²) in [5.41, 5.74) is 0. The Hall–Kier alpha value is -2.07. The summed E-state index contributed by atoms with van der Waals surface area (Å²) in [7, 11) is -4.64. The predicted molar refractivity (Wildman–Crippen MR) is 205 cm³/mol. The second-order valence-electron chi connectivity index (χ2n) is 12.9. The second-order valence-corrected chi connectivity index (χ2v) is 14.3. The highest BCUT2D eigenvalue weighted by Gasteiger charge is 2.27. The largest absolute Gasteiger partial charge is 0.472 e. The van der Waals surface area contributed by atoms with Crippen molar-refractivity contribution >= 4 is 19.8 Å². The molecule has 3 unspecified atom stereocenters. The Morgan fingerprint density at radius 2 is 0.922 bits per heavy atom. The lowest BCUT2D eigenvalue weighted by Crippen LogP contribution is -2.28. The molecular weight excluding hydrogens is 671 g/mol. The van der Waals surface area contributed by atoms with E-state index in [1.807, 2.05) is 0 Å². The number of esters is 2. The van der Waals surface area contributed by atoms with Crippen molar-refractivity contribution in [2.45, 2.75) is 167 Å². The number of allylic oxidation sites excluding steroid dienone is 8. The van der Waals surface area contributed by atoms with Crippen molar-refractivity contribution in [3.63, 3.8) is 0 Å². The molecule has 0 heterocycles. The van der Waals surface area contributed by atoms with E-state index >= 15 is 0 Å². The van der Waals surface area contributed by atoms with Crippen molar-refractivity contribution in [3.05, 3.63) is 48.6 Å². The maximum absolute atomic E-state index is 12.3. The summed E-state index contributed by atoms with van der Waals surface area (Å²) in [5, 5.41) is 19.1. The van der Waals surface area contributed by atoms with Gasteiger partial charge in [0.05, 0.1) is 26.4 Å². The fraction of sp³-hybridized carbons (Fsp3) is 0.750. The van der Waals surface area contributed by atoms with Gasteiger partial charge in [-0.15, -0.1) is 0 Å². The number of ether oxygens (including phenoxy) is 2. The first-order valence-corrected chi connectivity index (χ1v) is 21.1. The fourth-order valence-electron chi connectivity index (χ4n) is 5.00. The third-order valence-corrected chi connectivity index (χ3v) is 8.98. The van der Waals surface area contributed by atoms with E-state index in [-0.39, 0.29) is 12.8 Å². The lowest BCUT2D eigenvalue weighted by molar-refractivity contribution is -0.153. The minimum atomic E-state index is -4.64. The van der Waals surface area contributed by atoms with Crippen molar-refractivity contribution in [1.82, 2.24) is 0 Å². The molecule has 0 aliphatic carbocycles. The molecule has 51 heavy (non-hydrogen) atoms. The van der Waals surface area contributed by atoms with Gasteiger partial charge in [0, 0.05) is 12.8 Å². The molecule has 11 heteroatoms. The quantitative estimate of drug-likeness (QED) is 0.0245. The van der Waals surface area contributed by atoms with Crippen molar-refractivity contribution in [2.75, 3.05) is 26.4 Å². The van der Waals surface area contributed by atoms with Crippen molar-refractivity contribution < 1.29 is 47.8 Å². The molecule has 10 nitrogen and oxygen atoms in total. The number of aliphatic hydroxyl groups is 2. The third-order valence-electron chi connectivity index (χ3n) is 8.03. The molecule has 3 N–H and O–H groups in total. The first-order chi connectivity index (χ1) is 24.8. The summed E-state index contributed by atoms with van der Waals surface area (Å²) in [6, 6.07) is 0. The van der Waals surface area contributed by atoms with E-state index in [4.69, 9.17) is 18.5 Å². The van der Waals surface area contributed by atoms with Gasteiger partial charge in [0.15, 0.2) is 0 Å². The number of aliphatic hydroxyl groups excluding tert-OH is 2. The molecule has 0 aromatic heterocycles. The zero-order valence-corrected chi connectivity index (χ0v) is 32.7. The van der Waals surface area contributed by atoms with Crippen molar-refractivity contribution in [1.29, 1.82) is 0 Å². The van der Waals surface area contributed by atoms with Gasteiger partial charge in [0.25, 0.3) is 0 Å². The Balaban J connectivity index is 4.02. The van der Waals surface area contributed by atoms with Crippen LogP contribution in [0.2, 0.25) is 0 Å². The van der Waals surface area contributed by atoms with Gasteiger partial charge >= 0.3 is 19.8 Å². The van der Waals surface area contributed by atoms with E-state index in [0.717, 1.165) is 77.0 Å². The van der Waals surface area contributed by atoms with E-state index in [1.54, 1.807) is 0 Å². The van der Waals surface area contributed by atoms with E-state index in [1.165, 1.54) is 38.5 Å². The summed E-state index contributed by atoms with van der Waals surface area (Å²) in [5.74, 6) is -1.06. The molecule has 3 atom stereocenters. The van der Waals surface area contributed by atoms with Crippen molar-refractivity contribution in [3.8, 4) is 0 Å². The first kappa shape index (κ1) is 48.9. The fourth-order valence-corrected chi connectivity index (χ4v) is 5.79. The Morgan fingerprint density at radius 1 is 0.549 bits per heavy atom. The molecule has 0 radical (unpaired) electrons. The monoisotopic (exact) mass is 742 g/mol. The van der Waals surface area contributed by atoms with Crippen LogP contribution in [0.25, 0.3) is 0 Å². The van der Waals surface area contributed by atoms with E-state index < -0.39 is 58.4 Å². The van der Waals surface area contributed by atoms with Crippen LogP contribution >= 0.6 is 7.82 Å². The highest BCUT2D eigenvalue weighted by atomic mass is 31.2. The van der Waals surface area contributed by atoms with Crippen LogP contribution in [-0.2, 0) is 32.7 Å². The van der Waals surface area contributed by atoms with Crippen LogP contribution in [0.1, 0.15) is 155 Å². The van der Waals surface area contributed by atoms with Crippen LogP contribution in [0.4, 0.5) is 0 Å². The molecule has 0 fully saturated rings. The van der Waals surface area contributed by atoms with Gasteiger partial charge in [0.1, 0.15) is 12.2 Å². The topological polar surface area (TPSA) is 149 Å². The standard InChI is InChI=1S/C40H71O10P/c1-3-5-7-9-11-13-15-17-18-20-22-24-26-28-30-32-40(44)50-38(34-42)36-48-51(45,46)47-35-37(33-41)49-39(43)31-29-27-25-23-21-19-16-14-12-10-8-6-4-2/h6,8,12,14,17-19,21,37-38,41-42H,3-5,7,9-11,13,15-16,20,22-36H2,1-2H3,(H,45,46)/b8-6-,14-12-,18-17-,21-19-. The number of unbranched alkanes of at least 4 members (excludes halogenated alkanes) is 14. The van der Waals surface area contributed by atoms with Crippen LogP contribution in [-0.4, -0.2) is 65.7 Å². The first-order valence-electron chi connectivity index (χ1n) is 19.6. The van der Waals surface area contributed by atoms with Crippen LogP contribution in [0.5, 0.6) is 0 Å². The Morgan fingerprint density at radius 3 is 1.37 bits per heavy atom. The number of hydrogen-bond donors (Lipinski definition) is 3. The highest BCUT2D eigenvalue weighted by molar-refractivity contribution is 7.47. The number of carbonyl (C=O) groups is 2. The Labute approximate surface area is 309 Å². The van der Waals surface area contributed by atoms with Crippen LogP contribution in [0.3, 0.4) is 0 Å². The SMILES string of the molecule is CC/C=C\C/C=C\C/C=C\CCCCCC(=O)OC(CO)COP(=O)(O)OCC(CO)OC(=O)CCCCCCC/C=C\CCCCCCCC. The molecule has 0 aliphatic rings.